The first kappa shape index (κ1) is 15.9. The predicted molar refractivity (Wildman–Crippen MR) is 93.4 cm³/mol. The number of nitrogens with zero attached hydrogens (tertiary/aromatic N) is 1. The van der Waals surface area contributed by atoms with E-state index < -0.39 is 0 Å². The van der Waals surface area contributed by atoms with Gasteiger partial charge in [0, 0.05) is 30.8 Å². The van der Waals surface area contributed by atoms with Crippen molar-refractivity contribution in [3.63, 3.8) is 0 Å². The Labute approximate surface area is 144 Å². The second kappa shape index (κ2) is 6.34. The van der Waals surface area contributed by atoms with Gasteiger partial charge >= 0.3 is 0 Å². The molecule has 4 rings (SSSR count). The summed E-state index contributed by atoms with van der Waals surface area (Å²) in [6.45, 7) is 3.01. The van der Waals surface area contributed by atoms with E-state index in [2.05, 4.69) is 36.1 Å². The molecule has 3 nitrogen and oxygen atoms in total. The minimum absolute atomic E-state index is 0.0881. The molecule has 5 atom stereocenters. The molecule has 0 spiro atoms. The third kappa shape index (κ3) is 2.49. The number of carbonyl (C=O) groups excluding carboxylic acids is 2. The van der Waals surface area contributed by atoms with Gasteiger partial charge in [-0.25, -0.2) is 0 Å². The van der Waals surface area contributed by atoms with E-state index in [1.165, 1.54) is 5.56 Å². The van der Waals surface area contributed by atoms with Crippen LogP contribution in [0.5, 0.6) is 0 Å². The van der Waals surface area contributed by atoms with Crippen molar-refractivity contribution in [2.75, 3.05) is 6.54 Å². The van der Waals surface area contributed by atoms with E-state index in [9.17, 15) is 9.59 Å². The predicted octanol–water partition coefficient (Wildman–Crippen LogP) is 3.47. The highest BCUT2D eigenvalue weighted by Gasteiger charge is 2.54. The van der Waals surface area contributed by atoms with Crippen LogP contribution in [0.25, 0.3) is 0 Å². The Morgan fingerprint density at radius 3 is 2.54 bits per heavy atom. The van der Waals surface area contributed by atoms with Crippen LogP contribution in [0.4, 0.5) is 0 Å². The van der Waals surface area contributed by atoms with Gasteiger partial charge in [-0.05, 0) is 49.5 Å². The number of hydrogen-bond acceptors (Lipinski definition) is 2. The molecule has 0 unspecified atom stereocenters. The van der Waals surface area contributed by atoms with Crippen molar-refractivity contribution in [3.8, 4) is 0 Å². The number of rotatable bonds is 3. The van der Waals surface area contributed by atoms with E-state index in [-0.39, 0.29) is 11.8 Å². The van der Waals surface area contributed by atoms with Crippen molar-refractivity contribution < 1.29 is 9.59 Å². The fourth-order valence-electron chi connectivity index (χ4n) is 5.68. The monoisotopic (exact) mass is 325 g/mol. The Morgan fingerprint density at radius 2 is 1.79 bits per heavy atom. The molecule has 1 aliphatic carbocycles. The molecule has 3 fully saturated rings. The topological polar surface area (TPSA) is 37.4 Å². The van der Waals surface area contributed by atoms with Gasteiger partial charge in [-0.1, -0.05) is 37.3 Å². The molecule has 1 saturated carbocycles. The maximum Gasteiger partial charge on any atom is 0.222 e. The van der Waals surface area contributed by atoms with Crippen LogP contribution in [-0.4, -0.2) is 29.2 Å². The van der Waals surface area contributed by atoms with Gasteiger partial charge < -0.3 is 4.90 Å². The number of amides is 1. The highest BCUT2D eigenvalue weighted by molar-refractivity contribution is 5.86. The van der Waals surface area contributed by atoms with Crippen molar-refractivity contribution in [1.29, 1.82) is 0 Å². The fraction of sp³-hybridized carbons (Fsp3) is 0.619. The first-order valence-electron chi connectivity index (χ1n) is 9.57. The summed E-state index contributed by atoms with van der Waals surface area (Å²) in [7, 11) is 0. The average molecular weight is 325 g/mol. The van der Waals surface area contributed by atoms with Crippen LogP contribution in [0.3, 0.4) is 0 Å². The lowest BCUT2D eigenvalue weighted by Gasteiger charge is -2.45. The zero-order chi connectivity index (χ0) is 16.7. The van der Waals surface area contributed by atoms with Crippen LogP contribution >= 0.6 is 0 Å². The molecule has 3 aliphatic rings. The van der Waals surface area contributed by atoms with E-state index in [4.69, 9.17) is 0 Å². The normalized spacial score (nSPS) is 35.7. The van der Waals surface area contributed by atoms with Crippen LogP contribution in [0.15, 0.2) is 30.3 Å². The van der Waals surface area contributed by atoms with Crippen LogP contribution in [0.1, 0.15) is 44.6 Å². The van der Waals surface area contributed by atoms with E-state index in [0.29, 0.717) is 36.0 Å². The Balaban J connectivity index is 1.69. The van der Waals surface area contributed by atoms with Crippen molar-refractivity contribution >= 4 is 11.7 Å². The second-order valence-electron chi connectivity index (χ2n) is 7.80. The molecule has 2 saturated heterocycles. The number of ketones is 1. The summed E-state index contributed by atoms with van der Waals surface area (Å²) in [5, 5.41) is 0. The molecular formula is C21H27NO2. The van der Waals surface area contributed by atoms with Crippen LogP contribution in [0, 0.1) is 23.7 Å². The molecule has 24 heavy (non-hydrogen) atoms. The molecule has 3 heteroatoms. The minimum atomic E-state index is 0.0881. The largest absolute Gasteiger partial charge is 0.339 e. The smallest absolute Gasteiger partial charge is 0.222 e. The number of Topliss-reactive ketones (excluding diaryl/α,β-unsaturated/α-hetero) is 1. The van der Waals surface area contributed by atoms with E-state index in [1.54, 1.807) is 0 Å². The van der Waals surface area contributed by atoms with Gasteiger partial charge in [0.1, 0.15) is 5.78 Å². The lowest BCUT2D eigenvalue weighted by Crippen LogP contribution is -2.53. The lowest BCUT2D eigenvalue weighted by atomic mass is 9.61. The molecule has 0 aromatic heterocycles. The van der Waals surface area contributed by atoms with Gasteiger partial charge in [-0.15, -0.1) is 0 Å². The number of benzene rings is 1. The van der Waals surface area contributed by atoms with Gasteiger partial charge in [-0.2, -0.15) is 0 Å². The molecule has 2 heterocycles. The van der Waals surface area contributed by atoms with E-state index in [1.807, 2.05) is 6.07 Å². The molecular weight excluding hydrogens is 298 g/mol. The SMILES string of the molecule is CC[C@@H]1C(=O)[C@H](Cc2ccccc2)[C@H]2CCCC(=O)N3CC[C@@H]1[C@@H]23. The summed E-state index contributed by atoms with van der Waals surface area (Å²) in [6, 6.07) is 10.7. The van der Waals surface area contributed by atoms with E-state index >= 15 is 0 Å². The summed E-state index contributed by atoms with van der Waals surface area (Å²) in [6.07, 6.45) is 5.42. The summed E-state index contributed by atoms with van der Waals surface area (Å²) >= 11 is 0. The zero-order valence-electron chi connectivity index (χ0n) is 14.5. The standard InChI is InChI=1S/C21H27NO2/c1-2-15-17-11-12-22-19(23)10-6-9-16(20(17)22)18(21(15)24)13-14-7-4-3-5-8-14/h3-5,7-8,15-18,20H,2,6,9-13H2,1H3/t15-,16+,17-,18+,20+/m0/s1. The van der Waals surface area contributed by atoms with Crippen LogP contribution in [0.2, 0.25) is 0 Å². The van der Waals surface area contributed by atoms with Crippen LogP contribution in [-0.2, 0) is 16.0 Å². The van der Waals surface area contributed by atoms with Gasteiger partial charge in [0.2, 0.25) is 5.91 Å². The van der Waals surface area contributed by atoms with Gasteiger partial charge in [0.15, 0.2) is 0 Å². The van der Waals surface area contributed by atoms with Gasteiger partial charge in [0.25, 0.3) is 0 Å². The first-order chi connectivity index (χ1) is 11.7. The molecule has 1 aromatic carbocycles. The number of hydrogen-bond donors (Lipinski definition) is 0. The van der Waals surface area contributed by atoms with Crippen LogP contribution < -0.4 is 0 Å². The molecule has 0 radical (unpaired) electrons. The lowest BCUT2D eigenvalue weighted by molar-refractivity contribution is -0.142. The second-order valence-corrected chi connectivity index (χ2v) is 7.80. The molecule has 128 valence electrons. The summed E-state index contributed by atoms with van der Waals surface area (Å²) in [5.74, 6) is 1.80. The van der Waals surface area contributed by atoms with Crippen molar-refractivity contribution in [2.24, 2.45) is 23.7 Å². The summed E-state index contributed by atoms with van der Waals surface area (Å²) in [5.41, 5.74) is 1.25. The Kier molecular flexibility index (Phi) is 4.19. The Bertz CT molecular complexity index is 626. The minimum Gasteiger partial charge on any atom is -0.339 e. The Morgan fingerprint density at radius 1 is 1.04 bits per heavy atom. The molecule has 1 aromatic rings. The maximum absolute atomic E-state index is 13.3. The van der Waals surface area contributed by atoms with Gasteiger partial charge in [0.05, 0.1) is 0 Å². The van der Waals surface area contributed by atoms with Crippen molar-refractivity contribution in [3.05, 3.63) is 35.9 Å². The summed E-state index contributed by atoms with van der Waals surface area (Å²) in [4.78, 5) is 28.0. The summed E-state index contributed by atoms with van der Waals surface area (Å²) < 4.78 is 0. The quantitative estimate of drug-likeness (QED) is 0.853. The first-order valence-corrected chi connectivity index (χ1v) is 9.57. The van der Waals surface area contributed by atoms with Gasteiger partial charge in [-0.3, -0.25) is 9.59 Å². The average Bonchev–Trinajstić information content (AvgIpc) is 2.96. The highest BCUT2D eigenvalue weighted by Crippen LogP contribution is 2.49. The molecule has 1 amide bonds. The Hall–Kier alpha value is -1.64. The fourth-order valence-corrected chi connectivity index (χ4v) is 5.68. The third-order valence-corrected chi connectivity index (χ3v) is 6.69. The molecule has 0 bridgehead atoms. The van der Waals surface area contributed by atoms with Crippen molar-refractivity contribution in [1.82, 2.24) is 4.90 Å². The molecule has 0 N–H and O–H groups in total. The number of carbonyl (C=O) groups is 2. The zero-order valence-corrected chi connectivity index (χ0v) is 14.5. The van der Waals surface area contributed by atoms with Crippen molar-refractivity contribution in [2.45, 2.75) is 51.5 Å². The highest BCUT2D eigenvalue weighted by atomic mass is 16.2. The maximum atomic E-state index is 13.3. The molecule has 2 aliphatic heterocycles. The third-order valence-electron chi connectivity index (χ3n) is 6.69. The van der Waals surface area contributed by atoms with E-state index in [0.717, 1.165) is 38.6 Å².